The topological polar surface area (TPSA) is 195 Å². The van der Waals surface area contributed by atoms with Crippen molar-refractivity contribution in [1.82, 2.24) is 29.1 Å². The van der Waals surface area contributed by atoms with Gasteiger partial charge in [-0.25, -0.2) is 19.7 Å². The number of fused-ring (bicyclic) bond motifs is 1. The maximum absolute atomic E-state index is 12.1. The number of aromatic nitrogens is 4. The predicted molar refractivity (Wildman–Crippen MR) is 134 cm³/mol. The van der Waals surface area contributed by atoms with Gasteiger partial charge in [-0.2, -0.15) is 8.42 Å². The zero-order chi connectivity index (χ0) is 27.2. The van der Waals surface area contributed by atoms with Crippen molar-refractivity contribution in [1.29, 1.82) is 0 Å². The highest BCUT2D eigenvalue weighted by Crippen LogP contribution is 2.32. The van der Waals surface area contributed by atoms with E-state index >= 15 is 0 Å². The number of nitrogen functional groups attached to an aromatic ring is 1. The molecule has 1 saturated heterocycles. The number of carbonyl (C=O) groups is 1. The van der Waals surface area contributed by atoms with Crippen molar-refractivity contribution in [2.45, 2.75) is 71.0 Å². The van der Waals surface area contributed by atoms with Gasteiger partial charge in [-0.05, 0) is 32.5 Å². The average molecular weight is 544 g/mol. The monoisotopic (exact) mass is 543 g/mol. The normalized spacial score (nSPS) is 24.4. The van der Waals surface area contributed by atoms with Crippen LogP contribution in [0.5, 0.6) is 0 Å². The molecule has 0 spiro atoms. The lowest BCUT2D eigenvalue weighted by molar-refractivity contribution is -0.123. The molecule has 37 heavy (non-hydrogen) atoms. The number of aliphatic hydroxyl groups is 2. The molecular formula is C22H37N7O7S. The first-order chi connectivity index (χ1) is 17.6. The molecule has 1 aliphatic carbocycles. The molecule has 4 atom stereocenters. The first-order valence-corrected chi connectivity index (χ1v) is 13.9. The standard InChI is InChI=1S/C16H22N6O7S.C6H15N/c17-13-10-14(19-6-18-13)22(7-20-10)16-12(24)11(23)9(29-16)5-28-30(26,27)21-15(25)8-3-1-2-4-8;1-4-7(5-2)6-3/h6-9,11-12,16,23-24H,1-5H2,(H,21,25)(H2,17,18,19);4-6H2,1-3H3/t9-,11-,12-,16-;/m1./s1. The number of nitrogens with one attached hydrogen (secondary N) is 1. The fraction of sp³-hybridized carbons (Fsp3) is 0.727. The third-order valence-electron chi connectivity index (χ3n) is 6.68. The lowest BCUT2D eigenvalue weighted by atomic mass is 10.1. The van der Waals surface area contributed by atoms with Gasteiger partial charge in [0.1, 0.15) is 30.2 Å². The molecule has 208 valence electrons. The second-order valence-electron chi connectivity index (χ2n) is 8.94. The Bertz CT molecular complexity index is 1130. The molecular weight excluding hydrogens is 506 g/mol. The minimum absolute atomic E-state index is 0.135. The maximum atomic E-state index is 12.1. The third-order valence-corrected chi connectivity index (χ3v) is 7.58. The summed E-state index contributed by atoms with van der Waals surface area (Å²) in [5, 5.41) is 20.7. The lowest BCUT2D eigenvalue weighted by Gasteiger charge is -2.16. The Hall–Kier alpha value is -2.43. The number of anilines is 1. The summed E-state index contributed by atoms with van der Waals surface area (Å²) in [6.07, 6.45) is 0.393. The lowest BCUT2D eigenvalue weighted by Crippen LogP contribution is -2.39. The summed E-state index contributed by atoms with van der Waals surface area (Å²) in [4.78, 5) is 26.3. The maximum Gasteiger partial charge on any atom is 0.362 e. The summed E-state index contributed by atoms with van der Waals surface area (Å²) in [7, 11) is -4.39. The number of ether oxygens (including phenoxy) is 1. The van der Waals surface area contributed by atoms with E-state index in [2.05, 4.69) is 40.6 Å². The summed E-state index contributed by atoms with van der Waals surface area (Å²) >= 11 is 0. The van der Waals surface area contributed by atoms with Crippen LogP contribution in [0, 0.1) is 5.92 Å². The zero-order valence-electron chi connectivity index (χ0n) is 21.4. The van der Waals surface area contributed by atoms with Gasteiger partial charge in [0.15, 0.2) is 17.7 Å². The van der Waals surface area contributed by atoms with E-state index in [1.54, 1.807) is 0 Å². The molecule has 15 heteroatoms. The minimum Gasteiger partial charge on any atom is -0.387 e. The molecule has 2 aromatic heterocycles. The van der Waals surface area contributed by atoms with Gasteiger partial charge in [0.2, 0.25) is 5.91 Å². The van der Waals surface area contributed by atoms with Gasteiger partial charge < -0.3 is 25.6 Å². The number of nitrogens with zero attached hydrogens (tertiary/aromatic N) is 5. The number of amides is 1. The number of rotatable bonds is 9. The highest BCUT2D eigenvalue weighted by atomic mass is 32.2. The highest BCUT2D eigenvalue weighted by Gasteiger charge is 2.45. The number of carbonyl (C=O) groups excluding carboxylic acids is 1. The number of nitrogens with two attached hydrogens (primary N) is 1. The van der Waals surface area contributed by atoms with Gasteiger partial charge in [0.25, 0.3) is 0 Å². The Morgan fingerprint density at radius 2 is 1.81 bits per heavy atom. The molecule has 2 aromatic rings. The SMILES string of the molecule is CCN(CC)CC.Nc1ncnc2c1ncn2[C@@H]1O[C@H](COS(=O)(=O)NC(=O)C2CCCC2)[C@@H](O)[C@H]1O. The summed E-state index contributed by atoms with van der Waals surface area (Å²) < 4.78 is 37.8. The summed E-state index contributed by atoms with van der Waals surface area (Å²) in [6.45, 7) is 9.52. The van der Waals surface area contributed by atoms with E-state index in [9.17, 15) is 23.4 Å². The molecule has 2 fully saturated rings. The van der Waals surface area contributed by atoms with Crippen LogP contribution in [0.1, 0.15) is 52.7 Å². The average Bonchev–Trinajstić information content (AvgIpc) is 3.61. The number of imidazole rings is 1. The predicted octanol–water partition coefficient (Wildman–Crippen LogP) is -0.0564. The van der Waals surface area contributed by atoms with Crippen molar-refractivity contribution in [2.75, 3.05) is 32.0 Å². The second kappa shape index (κ2) is 12.9. The van der Waals surface area contributed by atoms with Crippen molar-refractivity contribution >= 4 is 33.2 Å². The molecule has 0 unspecified atom stereocenters. The van der Waals surface area contributed by atoms with Crippen LogP contribution in [-0.4, -0.2) is 93.5 Å². The van der Waals surface area contributed by atoms with Gasteiger partial charge in [0.05, 0.1) is 12.9 Å². The van der Waals surface area contributed by atoms with E-state index < -0.39 is 47.4 Å². The van der Waals surface area contributed by atoms with Gasteiger partial charge in [-0.1, -0.05) is 33.6 Å². The van der Waals surface area contributed by atoms with Crippen LogP contribution in [0.3, 0.4) is 0 Å². The van der Waals surface area contributed by atoms with Crippen molar-refractivity contribution in [2.24, 2.45) is 5.92 Å². The van der Waals surface area contributed by atoms with E-state index in [0.717, 1.165) is 12.8 Å². The van der Waals surface area contributed by atoms with E-state index in [4.69, 9.17) is 14.7 Å². The largest absolute Gasteiger partial charge is 0.387 e. The van der Waals surface area contributed by atoms with Gasteiger partial charge in [-0.15, -0.1) is 0 Å². The number of hydrogen-bond acceptors (Lipinski definition) is 12. The van der Waals surface area contributed by atoms with Crippen molar-refractivity contribution < 1.29 is 32.3 Å². The first-order valence-electron chi connectivity index (χ1n) is 12.5. The third kappa shape index (κ3) is 7.12. The van der Waals surface area contributed by atoms with Crippen LogP contribution >= 0.6 is 0 Å². The van der Waals surface area contributed by atoms with Crippen molar-refractivity contribution in [3.8, 4) is 0 Å². The van der Waals surface area contributed by atoms with E-state index in [-0.39, 0.29) is 17.4 Å². The zero-order valence-corrected chi connectivity index (χ0v) is 22.2. The summed E-state index contributed by atoms with van der Waals surface area (Å²) in [6, 6.07) is 0. The first kappa shape index (κ1) is 29.1. The Labute approximate surface area is 216 Å². The Morgan fingerprint density at radius 1 is 1.16 bits per heavy atom. The molecule has 0 aromatic carbocycles. The molecule has 14 nitrogen and oxygen atoms in total. The van der Waals surface area contributed by atoms with Crippen LogP contribution in [0.15, 0.2) is 12.7 Å². The van der Waals surface area contributed by atoms with Crippen LogP contribution < -0.4 is 10.5 Å². The highest BCUT2D eigenvalue weighted by molar-refractivity contribution is 7.85. The van der Waals surface area contributed by atoms with Crippen molar-refractivity contribution in [3.63, 3.8) is 0 Å². The molecule has 1 saturated carbocycles. The summed E-state index contributed by atoms with van der Waals surface area (Å²) in [5.74, 6) is -0.830. The smallest absolute Gasteiger partial charge is 0.362 e. The van der Waals surface area contributed by atoms with E-state index in [1.165, 1.54) is 36.9 Å². The fourth-order valence-corrected chi connectivity index (χ4v) is 5.19. The molecule has 2 aliphatic rings. The van der Waals surface area contributed by atoms with Gasteiger partial charge >= 0.3 is 10.3 Å². The van der Waals surface area contributed by atoms with E-state index in [1.807, 2.05) is 4.72 Å². The number of hydrogen-bond donors (Lipinski definition) is 4. The molecule has 0 radical (unpaired) electrons. The van der Waals surface area contributed by atoms with Crippen molar-refractivity contribution in [3.05, 3.63) is 12.7 Å². The molecule has 0 bridgehead atoms. The minimum atomic E-state index is -4.39. The Morgan fingerprint density at radius 3 is 2.41 bits per heavy atom. The van der Waals surface area contributed by atoms with Crippen LogP contribution in [0.25, 0.3) is 11.2 Å². The molecule has 1 aliphatic heterocycles. The Balaban J connectivity index is 0.000000479. The molecule has 4 rings (SSSR count). The van der Waals surface area contributed by atoms with Crippen LogP contribution in [0.2, 0.25) is 0 Å². The fourth-order valence-electron chi connectivity index (χ4n) is 4.40. The van der Waals surface area contributed by atoms with Gasteiger partial charge in [-0.3, -0.25) is 13.5 Å². The molecule has 3 heterocycles. The van der Waals surface area contributed by atoms with E-state index in [0.29, 0.717) is 18.4 Å². The van der Waals surface area contributed by atoms with Crippen LogP contribution in [-0.2, 0) is 24.0 Å². The molecule has 5 N–H and O–H groups in total. The van der Waals surface area contributed by atoms with Gasteiger partial charge in [0, 0.05) is 5.92 Å². The van der Waals surface area contributed by atoms with Crippen LogP contribution in [0.4, 0.5) is 5.82 Å². The number of aliphatic hydroxyl groups excluding tert-OH is 2. The summed E-state index contributed by atoms with van der Waals surface area (Å²) in [5.41, 5.74) is 6.30. The Kier molecular flexibility index (Phi) is 10.1. The second-order valence-corrected chi connectivity index (χ2v) is 10.3. The molecule has 1 amide bonds. The quantitative estimate of drug-likeness (QED) is 0.329.